The van der Waals surface area contributed by atoms with Gasteiger partial charge in [0.1, 0.15) is 0 Å². The minimum absolute atomic E-state index is 0.0658. The van der Waals surface area contributed by atoms with Gasteiger partial charge in [-0.25, -0.2) is 0 Å². The van der Waals surface area contributed by atoms with Crippen molar-refractivity contribution in [2.75, 3.05) is 7.05 Å². The summed E-state index contributed by atoms with van der Waals surface area (Å²) in [5.41, 5.74) is -0.642. The van der Waals surface area contributed by atoms with Crippen LogP contribution in [0.5, 0.6) is 0 Å². The highest BCUT2D eigenvalue weighted by atomic mass is 16.2. The minimum atomic E-state index is -0.447. The first kappa shape index (κ1) is 16.1. The second kappa shape index (κ2) is 5.63. The van der Waals surface area contributed by atoms with E-state index in [1.807, 2.05) is 41.5 Å². The summed E-state index contributed by atoms with van der Waals surface area (Å²) in [5, 5.41) is 5.77. The number of rotatable bonds is 4. The maximum absolute atomic E-state index is 12.3. The first-order valence-electron chi connectivity index (χ1n) is 6.00. The van der Waals surface area contributed by atoms with Crippen LogP contribution in [0.1, 0.15) is 48.0 Å². The number of hydrogen-bond acceptors (Lipinski definition) is 3. The van der Waals surface area contributed by atoms with E-state index >= 15 is 0 Å². The van der Waals surface area contributed by atoms with Crippen molar-refractivity contribution >= 4 is 11.7 Å². The lowest BCUT2D eigenvalue weighted by atomic mass is 9.84. The van der Waals surface area contributed by atoms with Gasteiger partial charge in [0.05, 0.1) is 6.04 Å². The SMILES string of the molecule is CNC(=O)CC(NC(C)(C)C)C(=O)C(C)(C)C. The molecule has 0 aliphatic heterocycles. The zero-order valence-corrected chi connectivity index (χ0v) is 12.1. The van der Waals surface area contributed by atoms with Crippen molar-refractivity contribution < 1.29 is 9.59 Å². The monoisotopic (exact) mass is 242 g/mol. The summed E-state index contributed by atoms with van der Waals surface area (Å²) < 4.78 is 0. The van der Waals surface area contributed by atoms with Gasteiger partial charge in [-0.2, -0.15) is 0 Å². The summed E-state index contributed by atoms with van der Waals surface area (Å²) in [6, 6.07) is -0.435. The van der Waals surface area contributed by atoms with Gasteiger partial charge in [0.25, 0.3) is 0 Å². The zero-order chi connectivity index (χ0) is 13.9. The van der Waals surface area contributed by atoms with Crippen molar-refractivity contribution in [2.45, 2.75) is 59.5 Å². The minimum Gasteiger partial charge on any atom is -0.359 e. The predicted octanol–water partition coefficient (Wildman–Crippen LogP) is 1.49. The fraction of sp³-hybridized carbons (Fsp3) is 0.846. The molecule has 0 fully saturated rings. The molecular formula is C13H26N2O2. The van der Waals surface area contributed by atoms with Crippen LogP contribution in [-0.4, -0.2) is 30.3 Å². The van der Waals surface area contributed by atoms with Crippen molar-refractivity contribution in [3.8, 4) is 0 Å². The van der Waals surface area contributed by atoms with E-state index in [-0.39, 0.29) is 23.7 Å². The largest absolute Gasteiger partial charge is 0.359 e. The molecule has 0 saturated heterocycles. The Bertz CT molecular complexity index is 285. The first-order chi connectivity index (χ1) is 7.47. The molecule has 0 radical (unpaired) electrons. The third-order valence-corrected chi connectivity index (χ3v) is 2.33. The maximum atomic E-state index is 12.3. The highest BCUT2D eigenvalue weighted by Gasteiger charge is 2.33. The van der Waals surface area contributed by atoms with Crippen molar-refractivity contribution in [2.24, 2.45) is 5.41 Å². The van der Waals surface area contributed by atoms with Gasteiger partial charge in [-0.3, -0.25) is 9.59 Å². The van der Waals surface area contributed by atoms with Gasteiger partial charge in [-0.15, -0.1) is 0 Å². The van der Waals surface area contributed by atoms with E-state index in [1.165, 1.54) is 0 Å². The number of Topliss-reactive ketones (excluding diaryl/α,β-unsaturated/α-hetero) is 1. The molecule has 0 bridgehead atoms. The average Bonchev–Trinajstić information content (AvgIpc) is 2.11. The van der Waals surface area contributed by atoms with E-state index in [0.717, 1.165) is 0 Å². The van der Waals surface area contributed by atoms with Gasteiger partial charge in [-0.05, 0) is 20.8 Å². The summed E-state index contributed by atoms with van der Waals surface area (Å²) in [4.78, 5) is 23.7. The van der Waals surface area contributed by atoms with E-state index in [4.69, 9.17) is 0 Å². The van der Waals surface area contributed by atoms with Crippen molar-refractivity contribution in [3.63, 3.8) is 0 Å². The number of hydrogen-bond donors (Lipinski definition) is 2. The molecule has 4 heteroatoms. The van der Waals surface area contributed by atoms with Gasteiger partial charge in [0, 0.05) is 24.4 Å². The maximum Gasteiger partial charge on any atom is 0.221 e. The molecule has 1 atom stereocenters. The Labute approximate surface area is 105 Å². The number of amides is 1. The molecule has 1 unspecified atom stereocenters. The first-order valence-corrected chi connectivity index (χ1v) is 6.00. The average molecular weight is 242 g/mol. The summed E-state index contributed by atoms with van der Waals surface area (Å²) in [5.74, 6) is -0.0552. The van der Waals surface area contributed by atoms with Gasteiger partial charge >= 0.3 is 0 Å². The van der Waals surface area contributed by atoms with Crippen LogP contribution < -0.4 is 10.6 Å². The lowest BCUT2D eigenvalue weighted by Gasteiger charge is -2.31. The van der Waals surface area contributed by atoms with Crippen LogP contribution in [0, 0.1) is 5.41 Å². The smallest absolute Gasteiger partial charge is 0.221 e. The Morgan fingerprint density at radius 1 is 1.06 bits per heavy atom. The van der Waals surface area contributed by atoms with Gasteiger partial charge < -0.3 is 10.6 Å². The molecule has 0 aromatic heterocycles. The van der Waals surface area contributed by atoms with Crippen LogP contribution >= 0.6 is 0 Å². The number of carbonyl (C=O) groups excluding carboxylic acids is 2. The van der Waals surface area contributed by atoms with Crippen molar-refractivity contribution in [1.82, 2.24) is 10.6 Å². The zero-order valence-electron chi connectivity index (χ0n) is 12.1. The lowest BCUT2D eigenvalue weighted by molar-refractivity contribution is -0.132. The van der Waals surface area contributed by atoms with E-state index < -0.39 is 11.5 Å². The number of ketones is 1. The topological polar surface area (TPSA) is 58.2 Å². The molecule has 0 rings (SSSR count). The van der Waals surface area contributed by atoms with Crippen molar-refractivity contribution in [1.29, 1.82) is 0 Å². The van der Waals surface area contributed by atoms with Gasteiger partial charge in [0.15, 0.2) is 5.78 Å². The second-order valence-corrected chi connectivity index (χ2v) is 6.44. The molecule has 0 spiro atoms. The third-order valence-electron chi connectivity index (χ3n) is 2.33. The Morgan fingerprint density at radius 3 is 1.82 bits per heavy atom. The van der Waals surface area contributed by atoms with E-state index in [1.54, 1.807) is 7.05 Å². The molecule has 1 amide bonds. The summed E-state index contributed by atoms with van der Waals surface area (Å²) in [7, 11) is 1.58. The van der Waals surface area contributed by atoms with Crippen LogP contribution in [0.2, 0.25) is 0 Å². The Kier molecular flexibility index (Phi) is 5.33. The van der Waals surface area contributed by atoms with E-state index in [9.17, 15) is 9.59 Å². The van der Waals surface area contributed by atoms with E-state index in [0.29, 0.717) is 0 Å². The highest BCUT2D eigenvalue weighted by Crippen LogP contribution is 2.19. The second-order valence-electron chi connectivity index (χ2n) is 6.44. The lowest BCUT2D eigenvalue weighted by Crippen LogP contribution is -2.52. The summed E-state index contributed by atoms with van der Waals surface area (Å²) >= 11 is 0. The Morgan fingerprint density at radius 2 is 1.53 bits per heavy atom. The molecular weight excluding hydrogens is 216 g/mol. The highest BCUT2D eigenvalue weighted by molar-refractivity contribution is 5.92. The number of carbonyl (C=O) groups is 2. The summed E-state index contributed by atoms with van der Waals surface area (Å²) in [6.07, 6.45) is 0.184. The Hall–Kier alpha value is -0.900. The van der Waals surface area contributed by atoms with Crippen LogP contribution in [0.4, 0.5) is 0 Å². The molecule has 0 aliphatic carbocycles. The summed E-state index contributed by atoms with van der Waals surface area (Å²) in [6.45, 7) is 11.6. The van der Waals surface area contributed by atoms with Crippen LogP contribution in [-0.2, 0) is 9.59 Å². The van der Waals surface area contributed by atoms with Crippen molar-refractivity contribution in [3.05, 3.63) is 0 Å². The molecule has 0 saturated carbocycles. The molecule has 100 valence electrons. The van der Waals surface area contributed by atoms with Gasteiger partial charge in [0.2, 0.25) is 5.91 Å². The predicted molar refractivity (Wildman–Crippen MR) is 69.8 cm³/mol. The van der Waals surface area contributed by atoms with Crippen LogP contribution in [0.15, 0.2) is 0 Å². The quantitative estimate of drug-likeness (QED) is 0.785. The molecule has 17 heavy (non-hydrogen) atoms. The normalized spacial score (nSPS) is 14.3. The fourth-order valence-corrected chi connectivity index (χ4v) is 1.54. The van der Waals surface area contributed by atoms with Crippen LogP contribution in [0.25, 0.3) is 0 Å². The molecule has 0 aliphatic rings. The molecule has 0 heterocycles. The Balaban J connectivity index is 4.86. The molecule has 4 nitrogen and oxygen atoms in total. The third kappa shape index (κ3) is 6.41. The fourth-order valence-electron chi connectivity index (χ4n) is 1.54. The molecule has 0 aromatic carbocycles. The standard InChI is InChI=1S/C13H26N2O2/c1-12(2,3)11(17)9(8-10(16)14-7)15-13(4,5)6/h9,15H,8H2,1-7H3,(H,14,16). The molecule has 2 N–H and O–H groups in total. The van der Waals surface area contributed by atoms with Gasteiger partial charge in [-0.1, -0.05) is 20.8 Å². The van der Waals surface area contributed by atoms with Crippen LogP contribution in [0.3, 0.4) is 0 Å². The molecule has 0 aromatic rings. The van der Waals surface area contributed by atoms with E-state index in [2.05, 4.69) is 10.6 Å². The number of nitrogens with one attached hydrogen (secondary N) is 2.